The molecule has 7 heteroatoms. The van der Waals surface area contributed by atoms with Crippen LogP contribution in [0.4, 0.5) is 0 Å². The minimum Gasteiger partial charge on any atom is -0.425 e. The zero-order valence-electron chi connectivity index (χ0n) is 15.5. The third-order valence-electron chi connectivity index (χ3n) is 4.96. The predicted molar refractivity (Wildman–Crippen MR) is 116 cm³/mol. The molecule has 0 unspecified atom stereocenters. The topological polar surface area (TPSA) is 90.7 Å². The van der Waals surface area contributed by atoms with E-state index in [9.17, 15) is 4.79 Å². The first-order chi connectivity index (χ1) is 13.0. The predicted octanol–water partition coefficient (Wildman–Crippen LogP) is 4.41. The standard InChI is InChI=1S/C21H24ClN3O2.ClH/c22-18-12-17(15-4-2-1-3-5-15)10-11-19(18)27-20(26)16-8-6-14(7-9-16)13-25-21(23)24;/h1-5,10-12,14,16H,6-9,13H2,(H4,23,24,25);1H. The average molecular weight is 422 g/mol. The lowest BCUT2D eigenvalue weighted by molar-refractivity contribution is -0.140. The van der Waals surface area contributed by atoms with E-state index in [0.29, 0.717) is 23.2 Å². The maximum atomic E-state index is 12.5. The number of hydrogen-bond acceptors (Lipinski definition) is 3. The maximum Gasteiger partial charge on any atom is 0.314 e. The van der Waals surface area contributed by atoms with Crippen LogP contribution in [0, 0.1) is 11.8 Å². The summed E-state index contributed by atoms with van der Waals surface area (Å²) in [5.41, 5.74) is 12.8. The van der Waals surface area contributed by atoms with Gasteiger partial charge in [-0.05, 0) is 54.9 Å². The highest BCUT2D eigenvalue weighted by Gasteiger charge is 2.28. The van der Waals surface area contributed by atoms with Gasteiger partial charge in [0.2, 0.25) is 0 Å². The molecular formula is C21H25Cl2N3O2. The van der Waals surface area contributed by atoms with E-state index in [1.807, 2.05) is 42.5 Å². The molecule has 0 spiro atoms. The number of halogens is 2. The van der Waals surface area contributed by atoms with Crippen LogP contribution in [0.25, 0.3) is 11.1 Å². The number of carbonyl (C=O) groups excluding carboxylic acids is 1. The highest BCUT2D eigenvalue weighted by molar-refractivity contribution is 6.32. The molecule has 0 bridgehead atoms. The molecule has 0 heterocycles. The number of nitrogens with zero attached hydrogens (tertiary/aromatic N) is 1. The molecule has 1 saturated carbocycles. The monoisotopic (exact) mass is 421 g/mol. The van der Waals surface area contributed by atoms with Crippen molar-refractivity contribution in [3.63, 3.8) is 0 Å². The van der Waals surface area contributed by atoms with Gasteiger partial charge < -0.3 is 16.2 Å². The molecular weight excluding hydrogens is 397 g/mol. The van der Waals surface area contributed by atoms with E-state index >= 15 is 0 Å². The Bertz CT molecular complexity index is 816. The van der Waals surface area contributed by atoms with Crippen molar-refractivity contribution in [3.05, 3.63) is 53.6 Å². The van der Waals surface area contributed by atoms with Crippen LogP contribution >= 0.6 is 24.0 Å². The number of guanidine groups is 1. The van der Waals surface area contributed by atoms with Crippen molar-refractivity contribution >= 4 is 35.9 Å². The van der Waals surface area contributed by atoms with Crippen molar-refractivity contribution in [2.24, 2.45) is 28.3 Å². The van der Waals surface area contributed by atoms with E-state index in [2.05, 4.69) is 4.99 Å². The lowest BCUT2D eigenvalue weighted by Gasteiger charge is -2.26. The molecule has 5 nitrogen and oxygen atoms in total. The molecule has 0 aliphatic heterocycles. The quantitative estimate of drug-likeness (QED) is 0.323. The lowest BCUT2D eigenvalue weighted by atomic mass is 9.82. The Balaban J connectivity index is 0.00000280. The zero-order valence-corrected chi connectivity index (χ0v) is 17.1. The molecule has 4 N–H and O–H groups in total. The van der Waals surface area contributed by atoms with Crippen LogP contribution in [-0.4, -0.2) is 18.5 Å². The molecule has 2 aromatic rings. The summed E-state index contributed by atoms with van der Waals surface area (Å²) in [6.45, 7) is 0.622. The van der Waals surface area contributed by atoms with E-state index in [0.717, 1.165) is 36.8 Å². The first-order valence-electron chi connectivity index (χ1n) is 9.15. The normalized spacial score (nSPS) is 18.6. The second-order valence-corrected chi connectivity index (χ2v) is 7.32. The summed E-state index contributed by atoms with van der Waals surface area (Å²) in [5.74, 6) is 0.619. The summed E-state index contributed by atoms with van der Waals surface area (Å²) in [6.07, 6.45) is 3.39. The molecule has 150 valence electrons. The second kappa shape index (κ2) is 10.3. The summed E-state index contributed by atoms with van der Waals surface area (Å²) in [5, 5.41) is 0.436. The van der Waals surface area contributed by atoms with Gasteiger partial charge in [0, 0.05) is 6.54 Å². The van der Waals surface area contributed by atoms with Crippen molar-refractivity contribution in [2.75, 3.05) is 6.54 Å². The van der Waals surface area contributed by atoms with Gasteiger partial charge in [-0.15, -0.1) is 12.4 Å². The Labute approximate surface area is 176 Å². The van der Waals surface area contributed by atoms with Crippen LogP contribution in [0.1, 0.15) is 25.7 Å². The minimum atomic E-state index is -0.218. The highest BCUT2D eigenvalue weighted by Crippen LogP contribution is 2.33. The van der Waals surface area contributed by atoms with Crippen molar-refractivity contribution in [1.29, 1.82) is 0 Å². The number of ether oxygens (including phenoxy) is 1. The first-order valence-corrected chi connectivity index (χ1v) is 9.53. The summed E-state index contributed by atoms with van der Waals surface area (Å²) in [7, 11) is 0. The van der Waals surface area contributed by atoms with Gasteiger partial charge >= 0.3 is 5.97 Å². The van der Waals surface area contributed by atoms with Crippen molar-refractivity contribution < 1.29 is 9.53 Å². The fraction of sp³-hybridized carbons (Fsp3) is 0.333. The fourth-order valence-corrected chi connectivity index (χ4v) is 3.62. The summed E-state index contributed by atoms with van der Waals surface area (Å²) < 4.78 is 5.57. The van der Waals surface area contributed by atoms with Crippen molar-refractivity contribution in [3.8, 4) is 16.9 Å². The first kappa shape index (κ1) is 22.1. The Morgan fingerprint density at radius 1 is 1.04 bits per heavy atom. The fourth-order valence-electron chi connectivity index (χ4n) is 3.40. The molecule has 0 saturated heterocycles. The van der Waals surface area contributed by atoms with Gasteiger partial charge in [-0.2, -0.15) is 0 Å². The summed E-state index contributed by atoms with van der Waals surface area (Å²) in [4.78, 5) is 16.6. The number of esters is 1. The van der Waals surface area contributed by atoms with Crippen LogP contribution < -0.4 is 16.2 Å². The summed E-state index contributed by atoms with van der Waals surface area (Å²) >= 11 is 6.34. The zero-order chi connectivity index (χ0) is 19.2. The number of nitrogens with two attached hydrogens (primary N) is 2. The van der Waals surface area contributed by atoms with Gasteiger partial charge in [-0.25, -0.2) is 0 Å². The molecule has 1 fully saturated rings. The minimum absolute atomic E-state index is 0. The Morgan fingerprint density at radius 2 is 1.71 bits per heavy atom. The Morgan fingerprint density at radius 3 is 2.32 bits per heavy atom. The second-order valence-electron chi connectivity index (χ2n) is 6.92. The molecule has 28 heavy (non-hydrogen) atoms. The molecule has 2 aromatic carbocycles. The van der Waals surface area contributed by atoms with E-state index in [4.69, 9.17) is 27.8 Å². The van der Waals surface area contributed by atoms with E-state index in [1.165, 1.54) is 0 Å². The van der Waals surface area contributed by atoms with Crippen LogP contribution in [0.5, 0.6) is 5.75 Å². The van der Waals surface area contributed by atoms with Crippen LogP contribution in [0.3, 0.4) is 0 Å². The van der Waals surface area contributed by atoms with Crippen molar-refractivity contribution in [2.45, 2.75) is 25.7 Å². The third-order valence-corrected chi connectivity index (χ3v) is 5.26. The van der Waals surface area contributed by atoms with Gasteiger partial charge in [0.15, 0.2) is 5.96 Å². The van der Waals surface area contributed by atoms with E-state index in [1.54, 1.807) is 6.07 Å². The van der Waals surface area contributed by atoms with Gasteiger partial charge in [0.05, 0.1) is 10.9 Å². The Hall–Kier alpha value is -2.24. The number of rotatable bonds is 5. The number of hydrogen-bond donors (Lipinski definition) is 2. The van der Waals surface area contributed by atoms with Crippen LogP contribution in [0.2, 0.25) is 5.02 Å². The van der Waals surface area contributed by atoms with Gasteiger partial charge in [0.1, 0.15) is 5.75 Å². The molecule has 3 rings (SSSR count). The SMILES string of the molecule is Cl.NC(N)=NCC1CCC(C(=O)Oc2ccc(-c3ccccc3)cc2Cl)CC1. The maximum absolute atomic E-state index is 12.5. The molecule has 1 aliphatic carbocycles. The molecule has 0 amide bonds. The van der Waals surface area contributed by atoms with Gasteiger partial charge in [-0.1, -0.05) is 48.0 Å². The molecule has 0 atom stereocenters. The van der Waals surface area contributed by atoms with Crippen molar-refractivity contribution in [1.82, 2.24) is 0 Å². The molecule has 0 radical (unpaired) electrons. The third kappa shape index (κ3) is 5.88. The highest BCUT2D eigenvalue weighted by atomic mass is 35.5. The van der Waals surface area contributed by atoms with Gasteiger partial charge in [-0.3, -0.25) is 9.79 Å². The molecule has 1 aliphatic rings. The smallest absolute Gasteiger partial charge is 0.314 e. The van der Waals surface area contributed by atoms with Crippen LogP contribution in [0.15, 0.2) is 53.5 Å². The average Bonchev–Trinajstić information content (AvgIpc) is 2.69. The molecule has 0 aromatic heterocycles. The van der Waals surface area contributed by atoms with Gasteiger partial charge in [0.25, 0.3) is 0 Å². The van der Waals surface area contributed by atoms with E-state index < -0.39 is 0 Å². The largest absolute Gasteiger partial charge is 0.425 e. The van der Waals surface area contributed by atoms with Crippen LogP contribution in [-0.2, 0) is 4.79 Å². The summed E-state index contributed by atoms with van der Waals surface area (Å²) in [6, 6.07) is 15.4. The number of aliphatic imine (C=N–C) groups is 1. The lowest BCUT2D eigenvalue weighted by Crippen LogP contribution is -2.28. The number of carbonyl (C=O) groups is 1. The number of benzene rings is 2. The van der Waals surface area contributed by atoms with E-state index in [-0.39, 0.29) is 30.3 Å². The Kier molecular flexibility index (Phi) is 8.15.